The van der Waals surface area contributed by atoms with Crippen LogP contribution in [0, 0.1) is 0 Å². The second-order valence-corrected chi connectivity index (χ2v) is 4.47. The molecule has 1 unspecified atom stereocenters. The smallest absolute Gasteiger partial charge is 0.334 e. The maximum Gasteiger partial charge on any atom is 0.334 e. The lowest BCUT2D eigenvalue weighted by Crippen LogP contribution is -2.36. The van der Waals surface area contributed by atoms with E-state index < -0.39 is 12.1 Å². The molecule has 1 atom stereocenters. The summed E-state index contributed by atoms with van der Waals surface area (Å²) in [5.74, 6) is -1.73. The number of carbonyl (C=O) groups excluding carboxylic acids is 1. The average molecular weight is 264 g/mol. The highest BCUT2D eigenvalue weighted by Gasteiger charge is 2.16. The lowest BCUT2D eigenvalue weighted by atomic mass is 10.0. The van der Waals surface area contributed by atoms with Gasteiger partial charge in [-0.05, 0) is 36.6 Å². The van der Waals surface area contributed by atoms with E-state index >= 15 is 0 Å². The minimum Gasteiger partial charge on any atom is -0.479 e. The molecule has 1 aliphatic heterocycles. The first-order valence-corrected chi connectivity index (χ1v) is 6.14. The van der Waals surface area contributed by atoms with Crippen molar-refractivity contribution in [1.82, 2.24) is 5.32 Å². The zero-order chi connectivity index (χ0) is 13.8. The van der Waals surface area contributed by atoms with Crippen LogP contribution in [-0.4, -0.2) is 41.3 Å². The highest BCUT2D eigenvalue weighted by Crippen LogP contribution is 2.22. The molecular weight excluding hydrogens is 248 g/mol. The monoisotopic (exact) mass is 264 g/mol. The number of aliphatic hydroxyl groups excluding tert-OH is 1. The predicted molar refractivity (Wildman–Crippen MR) is 69.2 cm³/mol. The van der Waals surface area contributed by atoms with Gasteiger partial charge in [0.05, 0.1) is 6.54 Å². The summed E-state index contributed by atoms with van der Waals surface area (Å²) in [4.78, 5) is 22.3. The van der Waals surface area contributed by atoms with Gasteiger partial charge in [-0.3, -0.25) is 4.79 Å². The Hall–Kier alpha value is -2.08. The Morgan fingerprint density at radius 1 is 1.42 bits per heavy atom. The summed E-state index contributed by atoms with van der Waals surface area (Å²) in [6.07, 6.45) is 0.361. The molecule has 0 aromatic heterocycles. The van der Waals surface area contributed by atoms with Crippen molar-refractivity contribution in [3.05, 3.63) is 29.3 Å². The van der Waals surface area contributed by atoms with Gasteiger partial charge in [0.25, 0.3) is 5.91 Å². The van der Waals surface area contributed by atoms with Crippen LogP contribution in [0.25, 0.3) is 0 Å². The number of hydrogen-bond donors (Lipinski definition) is 4. The van der Waals surface area contributed by atoms with E-state index in [0.29, 0.717) is 5.56 Å². The molecule has 1 aromatic rings. The van der Waals surface area contributed by atoms with Gasteiger partial charge in [0.1, 0.15) is 0 Å². The highest BCUT2D eigenvalue weighted by atomic mass is 16.4. The van der Waals surface area contributed by atoms with Crippen LogP contribution in [0.5, 0.6) is 0 Å². The Kier molecular flexibility index (Phi) is 4.01. The van der Waals surface area contributed by atoms with Gasteiger partial charge in [0.2, 0.25) is 0 Å². The molecule has 0 spiro atoms. The number of carboxylic acid groups (broad SMARTS) is 1. The maximum atomic E-state index is 11.8. The summed E-state index contributed by atoms with van der Waals surface area (Å²) in [5, 5.41) is 23.2. The van der Waals surface area contributed by atoms with Crippen LogP contribution < -0.4 is 10.6 Å². The molecule has 1 amide bonds. The van der Waals surface area contributed by atoms with Crippen LogP contribution in [0.2, 0.25) is 0 Å². The van der Waals surface area contributed by atoms with Gasteiger partial charge >= 0.3 is 5.97 Å². The topological polar surface area (TPSA) is 98.7 Å². The number of carbonyl (C=O) groups is 2. The van der Waals surface area contributed by atoms with Gasteiger partial charge in [-0.1, -0.05) is 0 Å². The largest absolute Gasteiger partial charge is 0.479 e. The fourth-order valence-electron chi connectivity index (χ4n) is 1.99. The summed E-state index contributed by atoms with van der Waals surface area (Å²) >= 11 is 0. The fraction of sp³-hybridized carbons (Fsp3) is 0.385. The van der Waals surface area contributed by atoms with Crippen LogP contribution >= 0.6 is 0 Å². The Labute approximate surface area is 110 Å². The molecule has 6 nitrogen and oxygen atoms in total. The van der Waals surface area contributed by atoms with E-state index in [-0.39, 0.29) is 12.5 Å². The maximum absolute atomic E-state index is 11.8. The number of anilines is 1. The number of nitrogens with one attached hydrogen (secondary N) is 2. The van der Waals surface area contributed by atoms with Gasteiger partial charge in [0, 0.05) is 17.8 Å². The number of aliphatic hydroxyl groups is 1. The third-order valence-corrected chi connectivity index (χ3v) is 3.05. The minimum absolute atomic E-state index is 0.302. The zero-order valence-electron chi connectivity index (χ0n) is 10.3. The standard InChI is InChI=1S/C13H16N2O4/c16-11(13(18)19)7-15-12(17)9-3-4-10-8(6-9)2-1-5-14-10/h3-4,6,11,14,16H,1-2,5,7H2,(H,15,17)(H,18,19). The van der Waals surface area contributed by atoms with E-state index in [2.05, 4.69) is 10.6 Å². The highest BCUT2D eigenvalue weighted by molar-refractivity contribution is 5.95. The third-order valence-electron chi connectivity index (χ3n) is 3.05. The predicted octanol–water partition coefficient (Wildman–Crippen LogP) is 0.220. The molecule has 2 rings (SSSR count). The number of fused-ring (bicyclic) bond motifs is 1. The third kappa shape index (κ3) is 3.23. The lowest BCUT2D eigenvalue weighted by molar-refractivity contribution is -0.146. The Balaban J connectivity index is 2.01. The fourth-order valence-corrected chi connectivity index (χ4v) is 1.99. The van der Waals surface area contributed by atoms with Crippen molar-refractivity contribution in [2.45, 2.75) is 18.9 Å². The first kappa shape index (κ1) is 13.4. The zero-order valence-corrected chi connectivity index (χ0v) is 10.3. The van der Waals surface area contributed by atoms with Crippen LogP contribution in [0.15, 0.2) is 18.2 Å². The molecular formula is C13H16N2O4. The number of benzene rings is 1. The second kappa shape index (κ2) is 5.71. The molecule has 0 bridgehead atoms. The molecule has 102 valence electrons. The second-order valence-electron chi connectivity index (χ2n) is 4.47. The molecule has 1 aromatic carbocycles. The lowest BCUT2D eigenvalue weighted by Gasteiger charge is -2.18. The first-order valence-electron chi connectivity index (χ1n) is 6.14. The molecule has 4 N–H and O–H groups in total. The van der Waals surface area contributed by atoms with Crippen molar-refractivity contribution in [2.24, 2.45) is 0 Å². The molecule has 0 saturated carbocycles. The first-order chi connectivity index (χ1) is 9.08. The van der Waals surface area contributed by atoms with Crippen molar-refractivity contribution < 1.29 is 19.8 Å². The molecule has 6 heteroatoms. The molecule has 1 aliphatic rings. The van der Waals surface area contributed by atoms with Gasteiger partial charge < -0.3 is 20.8 Å². The van der Waals surface area contributed by atoms with Crippen molar-refractivity contribution in [2.75, 3.05) is 18.4 Å². The Morgan fingerprint density at radius 2 is 2.21 bits per heavy atom. The van der Waals surface area contributed by atoms with Crippen molar-refractivity contribution in [3.8, 4) is 0 Å². The number of aliphatic carboxylic acids is 1. The van der Waals surface area contributed by atoms with Gasteiger partial charge in [-0.2, -0.15) is 0 Å². The number of rotatable bonds is 4. The Bertz CT molecular complexity index is 501. The Morgan fingerprint density at radius 3 is 2.95 bits per heavy atom. The summed E-state index contributed by atoms with van der Waals surface area (Å²) < 4.78 is 0. The molecule has 1 heterocycles. The van der Waals surface area contributed by atoms with E-state index in [4.69, 9.17) is 10.2 Å². The number of carboxylic acids is 1. The van der Waals surface area contributed by atoms with Crippen LogP contribution in [0.1, 0.15) is 22.3 Å². The molecule has 0 saturated heterocycles. The van der Waals surface area contributed by atoms with Gasteiger partial charge in [0.15, 0.2) is 6.10 Å². The molecule has 19 heavy (non-hydrogen) atoms. The van der Waals surface area contributed by atoms with Crippen molar-refractivity contribution in [3.63, 3.8) is 0 Å². The molecule has 0 radical (unpaired) electrons. The van der Waals surface area contributed by atoms with Crippen molar-refractivity contribution >= 4 is 17.6 Å². The number of hydrogen-bond acceptors (Lipinski definition) is 4. The number of amides is 1. The van der Waals surface area contributed by atoms with Crippen LogP contribution in [0.4, 0.5) is 5.69 Å². The van der Waals surface area contributed by atoms with Crippen molar-refractivity contribution in [1.29, 1.82) is 0 Å². The van der Waals surface area contributed by atoms with E-state index in [0.717, 1.165) is 30.6 Å². The van der Waals surface area contributed by atoms with Gasteiger partial charge in [-0.25, -0.2) is 4.79 Å². The SMILES string of the molecule is O=C(NCC(O)C(=O)O)c1ccc2c(c1)CCCN2. The summed E-state index contributed by atoms with van der Waals surface area (Å²) in [7, 11) is 0. The average Bonchev–Trinajstić information content (AvgIpc) is 2.43. The number of aryl methyl sites for hydroxylation is 1. The van der Waals surface area contributed by atoms with E-state index in [9.17, 15) is 9.59 Å². The van der Waals surface area contributed by atoms with Gasteiger partial charge in [-0.15, -0.1) is 0 Å². The summed E-state index contributed by atoms with van der Waals surface area (Å²) in [6, 6.07) is 5.32. The normalized spacial score (nSPS) is 15.0. The summed E-state index contributed by atoms with van der Waals surface area (Å²) in [6.45, 7) is 0.632. The van der Waals surface area contributed by atoms with E-state index in [1.165, 1.54) is 0 Å². The van der Waals surface area contributed by atoms with E-state index in [1.807, 2.05) is 6.07 Å². The molecule has 0 aliphatic carbocycles. The van der Waals surface area contributed by atoms with Crippen LogP contribution in [-0.2, 0) is 11.2 Å². The van der Waals surface area contributed by atoms with Crippen LogP contribution in [0.3, 0.4) is 0 Å². The summed E-state index contributed by atoms with van der Waals surface area (Å²) in [5.41, 5.74) is 2.59. The van der Waals surface area contributed by atoms with E-state index in [1.54, 1.807) is 12.1 Å². The minimum atomic E-state index is -1.58. The molecule has 0 fully saturated rings. The quantitative estimate of drug-likeness (QED) is 0.623.